The van der Waals surface area contributed by atoms with Gasteiger partial charge in [0, 0.05) is 12.6 Å². The molecule has 5 nitrogen and oxygen atoms in total. The van der Waals surface area contributed by atoms with Gasteiger partial charge in [-0.1, -0.05) is 6.07 Å². The van der Waals surface area contributed by atoms with Crippen molar-refractivity contribution in [1.82, 2.24) is 10.3 Å². The van der Waals surface area contributed by atoms with Crippen LogP contribution in [0.4, 0.5) is 5.82 Å². The standard InChI is InChI=1S/C10H11N3O2/c14-9-5-4-7(12-9)10(15)13-8-3-1-2-6-11-8/h1-3,6-7H,4-5H2,(H,12,14)(H,11,13,15). The van der Waals surface area contributed by atoms with Crippen LogP contribution in [-0.4, -0.2) is 22.8 Å². The molecule has 1 atom stereocenters. The van der Waals surface area contributed by atoms with Crippen LogP contribution >= 0.6 is 0 Å². The van der Waals surface area contributed by atoms with Gasteiger partial charge in [0.25, 0.3) is 0 Å². The maximum absolute atomic E-state index is 11.6. The zero-order chi connectivity index (χ0) is 10.7. The highest BCUT2D eigenvalue weighted by Gasteiger charge is 2.27. The fourth-order valence-corrected chi connectivity index (χ4v) is 1.46. The summed E-state index contributed by atoms with van der Waals surface area (Å²) in [6.07, 6.45) is 2.57. The summed E-state index contributed by atoms with van der Waals surface area (Å²) >= 11 is 0. The van der Waals surface area contributed by atoms with Gasteiger partial charge >= 0.3 is 0 Å². The number of hydrogen-bond acceptors (Lipinski definition) is 3. The Morgan fingerprint density at radius 2 is 2.40 bits per heavy atom. The van der Waals surface area contributed by atoms with Crippen molar-refractivity contribution in [3.63, 3.8) is 0 Å². The number of hydrogen-bond donors (Lipinski definition) is 2. The maximum atomic E-state index is 11.6. The maximum Gasteiger partial charge on any atom is 0.248 e. The van der Waals surface area contributed by atoms with E-state index in [1.807, 2.05) is 0 Å². The van der Waals surface area contributed by atoms with Gasteiger partial charge in [0.2, 0.25) is 11.8 Å². The Labute approximate surface area is 86.9 Å². The third-order valence-electron chi connectivity index (χ3n) is 2.23. The molecule has 1 aliphatic rings. The number of aromatic nitrogens is 1. The lowest BCUT2D eigenvalue weighted by molar-refractivity contribution is -0.122. The van der Waals surface area contributed by atoms with E-state index in [9.17, 15) is 9.59 Å². The van der Waals surface area contributed by atoms with Gasteiger partial charge in [-0.15, -0.1) is 0 Å². The van der Waals surface area contributed by atoms with Crippen LogP contribution in [0.5, 0.6) is 0 Å². The summed E-state index contributed by atoms with van der Waals surface area (Å²) in [6.45, 7) is 0. The van der Waals surface area contributed by atoms with Gasteiger partial charge in [0.1, 0.15) is 11.9 Å². The van der Waals surface area contributed by atoms with Gasteiger partial charge in [-0.3, -0.25) is 9.59 Å². The van der Waals surface area contributed by atoms with E-state index in [1.165, 1.54) is 0 Å². The highest BCUT2D eigenvalue weighted by Crippen LogP contribution is 2.09. The zero-order valence-electron chi connectivity index (χ0n) is 8.06. The summed E-state index contributed by atoms with van der Waals surface area (Å²) in [7, 11) is 0. The van der Waals surface area contributed by atoms with Gasteiger partial charge in [-0.25, -0.2) is 4.98 Å². The first-order valence-corrected chi connectivity index (χ1v) is 4.77. The molecule has 0 aliphatic carbocycles. The smallest absolute Gasteiger partial charge is 0.248 e. The second-order valence-electron chi connectivity index (χ2n) is 3.36. The molecular weight excluding hydrogens is 194 g/mol. The molecule has 2 N–H and O–H groups in total. The van der Waals surface area contributed by atoms with E-state index in [4.69, 9.17) is 0 Å². The minimum absolute atomic E-state index is 0.0730. The third kappa shape index (κ3) is 2.31. The first-order valence-electron chi connectivity index (χ1n) is 4.77. The van der Waals surface area contributed by atoms with Crippen LogP contribution in [0.1, 0.15) is 12.8 Å². The zero-order valence-corrected chi connectivity index (χ0v) is 8.06. The topological polar surface area (TPSA) is 71.1 Å². The number of carbonyl (C=O) groups is 2. The van der Waals surface area contributed by atoms with Crippen molar-refractivity contribution in [2.24, 2.45) is 0 Å². The Morgan fingerprint density at radius 3 is 3.00 bits per heavy atom. The van der Waals surface area contributed by atoms with Gasteiger partial charge in [-0.05, 0) is 18.6 Å². The highest BCUT2D eigenvalue weighted by molar-refractivity contribution is 5.98. The average Bonchev–Trinajstić information content (AvgIpc) is 2.66. The largest absolute Gasteiger partial charge is 0.344 e. The number of rotatable bonds is 2. The quantitative estimate of drug-likeness (QED) is 0.729. The number of carbonyl (C=O) groups excluding carboxylic acids is 2. The van der Waals surface area contributed by atoms with Crippen LogP contribution in [0.2, 0.25) is 0 Å². The lowest BCUT2D eigenvalue weighted by Gasteiger charge is -2.09. The number of amides is 2. The molecule has 2 rings (SSSR count). The number of pyridine rings is 1. The van der Waals surface area contributed by atoms with Crippen molar-refractivity contribution in [3.8, 4) is 0 Å². The van der Waals surface area contributed by atoms with Crippen molar-refractivity contribution in [2.75, 3.05) is 5.32 Å². The van der Waals surface area contributed by atoms with Crippen LogP contribution < -0.4 is 10.6 Å². The van der Waals surface area contributed by atoms with Gasteiger partial charge in [-0.2, -0.15) is 0 Å². The number of nitrogens with one attached hydrogen (secondary N) is 2. The third-order valence-corrected chi connectivity index (χ3v) is 2.23. The first kappa shape index (κ1) is 9.64. The van der Waals surface area contributed by atoms with Crippen molar-refractivity contribution in [3.05, 3.63) is 24.4 Å². The van der Waals surface area contributed by atoms with Crippen molar-refractivity contribution < 1.29 is 9.59 Å². The molecule has 1 aromatic rings. The molecule has 1 fully saturated rings. The summed E-state index contributed by atoms with van der Waals surface area (Å²) in [5.41, 5.74) is 0. The number of anilines is 1. The summed E-state index contributed by atoms with van der Waals surface area (Å²) in [6, 6.07) is 4.84. The fourth-order valence-electron chi connectivity index (χ4n) is 1.46. The summed E-state index contributed by atoms with van der Waals surface area (Å²) in [5, 5.41) is 5.23. The normalized spacial score (nSPS) is 19.7. The lowest BCUT2D eigenvalue weighted by atomic mass is 10.2. The predicted molar refractivity (Wildman–Crippen MR) is 54.0 cm³/mol. The van der Waals surface area contributed by atoms with Gasteiger partial charge in [0.15, 0.2) is 0 Å². The van der Waals surface area contributed by atoms with Crippen LogP contribution in [0.15, 0.2) is 24.4 Å². The minimum atomic E-state index is -0.417. The van der Waals surface area contributed by atoms with E-state index in [0.29, 0.717) is 18.7 Å². The Hall–Kier alpha value is -1.91. The molecular formula is C10H11N3O2. The van der Waals surface area contributed by atoms with Gasteiger partial charge < -0.3 is 10.6 Å². The predicted octanol–water partition coefficient (Wildman–Crippen LogP) is 0.299. The SMILES string of the molecule is O=C1CCC(C(=O)Nc2ccccn2)N1. The molecule has 0 spiro atoms. The lowest BCUT2D eigenvalue weighted by Crippen LogP contribution is -2.37. The Balaban J connectivity index is 1.96. The van der Waals surface area contributed by atoms with Crippen molar-refractivity contribution in [1.29, 1.82) is 0 Å². The van der Waals surface area contributed by atoms with Crippen molar-refractivity contribution in [2.45, 2.75) is 18.9 Å². The molecule has 2 heterocycles. The summed E-state index contributed by atoms with van der Waals surface area (Å²) in [4.78, 5) is 26.5. The second-order valence-corrected chi connectivity index (χ2v) is 3.36. The second kappa shape index (κ2) is 4.08. The van der Waals surface area contributed by atoms with Crippen LogP contribution in [0, 0.1) is 0 Å². The Bertz CT molecular complexity index is 378. The van der Waals surface area contributed by atoms with E-state index in [2.05, 4.69) is 15.6 Å². The molecule has 0 saturated carbocycles. The highest BCUT2D eigenvalue weighted by atomic mass is 16.2. The Morgan fingerprint density at radius 1 is 1.53 bits per heavy atom. The first-order chi connectivity index (χ1) is 7.25. The van der Waals surface area contributed by atoms with E-state index in [-0.39, 0.29) is 11.8 Å². The van der Waals surface area contributed by atoms with Crippen molar-refractivity contribution >= 4 is 17.6 Å². The molecule has 2 amide bonds. The summed E-state index contributed by atoms with van der Waals surface area (Å²) in [5.74, 6) is 0.222. The minimum Gasteiger partial charge on any atom is -0.344 e. The molecule has 5 heteroatoms. The molecule has 1 aromatic heterocycles. The molecule has 1 saturated heterocycles. The van der Waals surface area contributed by atoms with E-state index < -0.39 is 6.04 Å². The van der Waals surface area contributed by atoms with E-state index in [0.717, 1.165) is 0 Å². The molecule has 1 aliphatic heterocycles. The molecule has 0 radical (unpaired) electrons. The number of nitrogens with zero attached hydrogens (tertiary/aromatic N) is 1. The molecule has 0 aromatic carbocycles. The van der Waals surface area contributed by atoms with E-state index in [1.54, 1.807) is 24.4 Å². The average molecular weight is 205 g/mol. The molecule has 1 unspecified atom stereocenters. The van der Waals surface area contributed by atoms with Crippen LogP contribution in [0.3, 0.4) is 0 Å². The van der Waals surface area contributed by atoms with Crippen LogP contribution in [-0.2, 0) is 9.59 Å². The van der Waals surface area contributed by atoms with Gasteiger partial charge in [0.05, 0.1) is 0 Å². The monoisotopic (exact) mass is 205 g/mol. The molecule has 78 valence electrons. The van der Waals surface area contributed by atoms with Crippen LogP contribution in [0.25, 0.3) is 0 Å². The molecule has 15 heavy (non-hydrogen) atoms. The molecule has 0 bridgehead atoms. The Kier molecular flexibility index (Phi) is 2.62. The summed E-state index contributed by atoms with van der Waals surface area (Å²) < 4.78 is 0. The fraction of sp³-hybridized carbons (Fsp3) is 0.300. The van der Waals surface area contributed by atoms with E-state index >= 15 is 0 Å².